The smallest absolute Gasteiger partial charge is 0.252 e. The van der Waals surface area contributed by atoms with Crippen LogP contribution in [0.15, 0.2) is 47.5 Å². The second-order valence-corrected chi connectivity index (χ2v) is 10.3. The molecule has 0 saturated carbocycles. The Morgan fingerprint density at radius 1 is 1.11 bits per heavy atom. The SMILES string of the molecule is CCC[C@H](c1nnnn1C(C)(C)C)N(Cc1cccnc1)Cc1cc2cc(C)c(C)cc2[nH]c1=O. The van der Waals surface area contributed by atoms with Gasteiger partial charge < -0.3 is 4.98 Å². The number of aromatic amines is 1. The lowest BCUT2D eigenvalue weighted by Gasteiger charge is -2.32. The summed E-state index contributed by atoms with van der Waals surface area (Å²) < 4.78 is 1.90. The van der Waals surface area contributed by atoms with Crippen LogP contribution in [0, 0.1) is 13.8 Å². The van der Waals surface area contributed by atoms with Crippen molar-refractivity contribution in [2.75, 3.05) is 0 Å². The molecule has 35 heavy (non-hydrogen) atoms. The van der Waals surface area contributed by atoms with Crippen molar-refractivity contribution < 1.29 is 0 Å². The van der Waals surface area contributed by atoms with Crippen LogP contribution >= 0.6 is 0 Å². The zero-order chi connectivity index (χ0) is 25.2. The molecule has 0 saturated heterocycles. The van der Waals surface area contributed by atoms with Crippen LogP contribution in [-0.2, 0) is 18.6 Å². The van der Waals surface area contributed by atoms with Crippen LogP contribution in [0.5, 0.6) is 0 Å². The Bertz CT molecular complexity index is 1350. The number of benzene rings is 1. The average Bonchev–Trinajstić information content (AvgIpc) is 3.30. The van der Waals surface area contributed by atoms with Crippen LogP contribution in [0.3, 0.4) is 0 Å². The van der Waals surface area contributed by atoms with Crippen molar-refractivity contribution >= 4 is 10.9 Å². The number of nitrogens with zero attached hydrogens (tertiary/aromatic N) is 6. The van der Waals surface area contributed by atoms with Gasteiger partial charge in [-0.05, 0) is 97.8 Å². The van der Waals surface area contributed by atoms with Crippen LogP contribution < -0.4 is 5.56 Å². The number of hydrogen-bond donors (Lipinski definition) is 1. The maximum absolute atomic E-state index is 13.2. The molecular weight excluding hydrogens is 438 g/mol. The third-order valence-corrected chi connectivity index (χ3v) is 6.45. The third kappa shape index (κ3) is 5.48. The van der Waals surface area contributed by atoms with Crippen molar-refractivity contribution in [2.45, 2.75) is 79.1 Å². The Balaban J connectivity index is 1.79. The Hall–Kier alpha value is -3.39. The molecule has 8 heteroatoms. The largest absolute Gasteiger partial charge is 0.322 e. The Morgan fingerprint density at radius 3 is 2.57 bits per heavy atom. The number of aryl methyl sites for hydroxylation is 2. The maximum Gasteiger partial charge on any atom is 0.252 e. The number of fused-ring (bicyclic) bond motifs is 1. The zero-order valence-corrected chi connectivity index (χ0v) is 21.5. The number of aromatic nitrogens is 6. The van der Waals surface area contributed by atoms with Gasteiger partial charge in [0.15, 0.2) is 5.82 Å². The van der Waals surface area contributed by atoms with E-state index < -0.39 is 0 Å². The molecule has 0 unspecified atom stereocenters. The quantitative estimate of drug-likeness (QED) is 0.394. The van der Waals surface area contributed by atoms with Gasteiger partial charge in [-0.15, -0.1) is 5.10 Å². The second kappa shape index (κ2) is 10.1. The van der Waals surface area contributed by atoms with Crippen LogP contribution in [0.25, 0.3) is 10.9 Å². The molecule has 0 aliphatic heterocycles. The summed E-state index contributed by atoms with van der Waals surface area (Å²) in [5.74, 6) is 0.812. The van der Waals surface area contributed by atoms with Crippen molar-refractivity contribution in [3.63, 3.8) is 0 Å². The maximum atomic E-state index is 13.2. The summed E-state index contributed by atoms with van der Waals surface area (Å²) in [5.41, 5.74) is 4.70. The van der Waals surface area contributed by atoms with Crippen LogP contribution in [0.2, 0.25) is 0 Å². The van der Waals surface area contributed by atoms with Gasteiger partial charge in [0.1, 0.15) is 0 Å². The summed E-state index contributed by atoms with van der Waals surface area (Å²) >= 11 is 0. The van der Waals surface area contributed by atoms with Crippen molar-refractivity contribution in [3.05, 3.63) is 81.2 Å². The van der Waals surface area contributed by atoms with E-state index in [2.05, 4.69) is 84.1 Å². The highest BCUT2D eigenvalue weighted by Gasteiger charge is 2.30. The molecule has 3 aromatic heterocycles. The number of hydrogen-bond acceptors (Lipinski definition) is 6. The third-order valence-electron chi connectivity index (χ3n) is 6.45. The Morgan fingerprint density at radius 2 is 1.89 bits per heavy atom. The first-order valence-electron chi connectivity index (χ1n) is 12.2. The number of nitrogens with one attached hydrogen (secondary N) is 1. The summed E-state index contributed by atoms with van der Waals surface area (Å²) in [4.78, 5) is 22.9. The monoisotopic (exact) mass is 473 g/mol. The lowest BCUT2D eigenvalue weighted by Crippen LogP contribution is -2.35. The predicted octanol–water partition coefficient (Wildman–Crippen LogP) is 4.83. The van der Waals surface area contributed by atoms with Gasteiger partial charge in [0, 0.05) is 36.6 Å². The first-order chi connectivity index (χ1) is 16.7. The summed E-state index contributed by atoms with van der Waals surface area (Å²) in [6.45, 7) is 13.7. The summed E-state index contributed by atoms with van der Waals surface area (Å²) in [6, 6.07) is 10.1. The molecule has 8 nitrogen and oxygen atoms in total. The van der Waals surface area contributed by atoms with Gasteiger partial charge >= 0.3 is 0 Å². The first-order valence-corrected chi connectivity index (χ1v) is 12.2. The van der Waals surface area contributed by atoms with Crippen LogP contribution in [0.4, 0.5) is 0 Å². The second-order valence-electron chi connectivity index (χ2n) is 10.3. The molecule has 3 heterocycles. The highest BCUT2D eigenvalue weighted by molar-refractivity contribution is 5.80. The van der Waals surface area contributed by atoms with Crippen molar-refractivity contribution in [1.82, 2.24) is 35.1 Å². The van der Waals surface area contributed by atoms with Gasteiger partial charge in [-0.2, -0.15) is 0 Å². The number of pyridine rings is 2. The summed E-state index contributed by atoms with van der Waals surface area (Å²) in [7, 11) is 0. The van der Waals surface area contributed by atoms with E-state index in [9.17, 15) is 4.79 Å². The Kier molecular flexibility index (Phi) is 7.12. The highest BCUT2D eigenvalue weighted by atomic mass is 16.1. The molecule has 0 aliphatic carbocycles. The standard InChI is InChI=1S/C27H35N7O/c1-7-9-24(25-30-31-32-34(25)27(4,5)6)33(16-20-10-8-11-28-15-20)17-22-14-21-12-18(2)19(3)13-23(21)29-26(22)35/h8,10-15,24H,7,9,16-17H2,1-6H3,(H,29,35)/t24-/m1/s1. The fourth-order valence-corrected chi connectivity index (χ4v) is 4.49. The first kappa shape index (κ1) is 24.7. The zero-order valence-electron chi connectivity index (χ0n) is 21.5. The van der Waals surface area contributed by atoms with E-state index in [1.807, 2.05) is 29.1 Å². The minimum absolute atomic E-state index is 0.0655. The molecule has 4 aromatic rings. The van der Waals surface area contributed by atoms with Gasteiger partial charge in [0.2, 0.25) is 0 Å². The van der Waals surface area contributed by atoms with Crippen molar-refractivity contribution in [1.29, 1.82) is 0 Å². The van der Waals surface area contributed by atoms with Gasteiger partial charge in [-0.25, -0.2) is 4.68 Å². The van der Waals surface area contributed by atoms with Crippen molar-refractivity contribution in [2.24, 2.45) is 0 Å². The molecule has 0 bridgehead atoms. The molecule has 0 spiro atoms. The van der Waals surface area contributed by atoms with E-state index in [4.69, 9.17) is 0 Å². The number of rotatable bonds is 8. The topological polar surface area (TPSA) is 92.6 Å². The molecule has 0 aliphatic rings. The van der Waals surface area contributed by atoms with Crippen LogP contribution in [-0.4, -0.2) is 35.1 Å². The van der Waals surface area contributed by atoms with E-state index in [1.54, 1.807) is 6.20 Å². The molecule has 184 valence electrons. The van der Waals surface area contributed by atoms with Crippen LogP contribution in [0.1, 0.15) is 74.7 Å². The predicted molar refractivity (Wildman–Crippen MR) is 138 cm³/mol. The average molecular weight is 474 g/mol. The molecule has 0 fully saturated rings. The summed E-state index contributed by atoms with van der Waals surface area (Å²) in [5, 5.41) is 13.8. The number of tetrazole rings is 1. The minimum Gasteiger partial charge on any atom is -0.322 e. The van der Waals surface area contributed by atoms with E-state index >= 15 is 0 Å². The normalized spacial score (nSPS) is 13.0. The lowest BCUT2D eigenvalue weighted by atomic mass is 10.0. The molecule has 1 atom stereocenters. The minimum atomic E-state index is -0.263. The van der Waals surface area contributed by atoms with Crippen molar-refractivity contribution in [3.8, 4) is 0 Å². The van der Waals surface area contributed by atoms with E-state index in [-0.39, 0.29) is 17.1 Å². The Labute approximate surface area is 206 Å². The highest BCUT2D eigenvalue weighted by Crippen LogP contribution is 2.30. The van der Waals surface area contributed by atoms with Gasteiger partial charge in [-0.3, -0.25) is 14.7 Å². The van der Waals surface area contributed by atoms with Gasteiger partial charge in [0.05, 0.1) is 11.6 Å². The summed E-state index contributed by atoms with van der Waals surface area (Å²) in [6.07, 6.45) is 5.47. The molecular formula is C27H35N7O. The van der Waals surface area contributed by atoms with Gasteiger partial charge in [-0.1, -0.05) is 19.4 Å². The molecule has 4 rings (SSSR count). The fraction of sp³-hybridized carbons (Fsp3) is 0.444. The van der Waals surface area contributed by atoms with E-state index in [0.29, 0.717) is 13.1 Å². The van der Waals surface area contributed by atoms with E-state index in [1.165, 1.54) is 5.56 Å². The lowest BCUT2D eigenvalue weighted by molar-refractivity contribution is 0.148. The molecule has 0 radical (unpaired) electrons. The van der Waals surface area contributed by atoms with Gasteiger partial charge in [0.25, 0.3) is 5.56 Å². The van der Waals surface area contributed by atoms with E-state index in [0.717, 1.165) is 46.3 Å². The molecule has 1 N–H and O–H groups in total. The number of H-pyrrole nitrogens is 1. The molecule has 1 aromatic carbocycles. The fourth-order valence-electron chi connectivity index (χ4n) is 4.49. The molecule has 0 amide bonds.